The van der Waals surface area contributed by atoms with E-state index in [9.17, 15) is 10.2 Å². The van der Waals surface area contributed by atoms with Gasteiger partial charge in [0.15, 0.2) is 0 Å². The summed E-state index contributed by atoms with van der Waals surface area (Å²) in [4.78, 5) is 2.20. The number of hydrogen-bond acceptors (Lipinski definition) is 3. The maximum atomic E-state index is 10.9. The smallest absolute Gasteiger partial charge is 0.0758 e. The first-order chi connectivity index (χ1) is 12.2. The number of aliphatic hydroxyl groups is 2. The van der Waals surface area contributed by atoms with Crippen molar-refractivity contribution in [2.45, 2.75) is 77.5 Å². The molecular formula is C23H37NO2. The van der Waals surface area contributed by atoms with Crippen molar-refractivity contribution >= 4 is 0 Å². The Bertz CT molecular complexity index is 638. The zero-order chi connectivity index (χ0) is 18.9. The van der Waals surface area contributed by atoms with Crippen LogP contribution in [-0.2, 0) is 0 Å². The molecular weight excluding hydrogens is 322 g/mol. The Labute approximate surface area is 159 Å². The van der Waals surface area contributed by atoms with Crippen LogP contribution in [0.4, 0.5) is 0 Å². The molecule has 4 aliphatic carbocycles. The molecule has 3 heteroatoms. The van der Waals surface area contributed by atoms with Gasteiger partial charge in [0.05, 0.1) is 12.2 Å². The maximum Gasteiger partial charge on any atom is 0.0758 e. The second-order valence-electron chi connectivity index (χ2n) is 10.2. The predicted octanol–water partition coefficient (Wildman–Crippen LogP) is 3.77. The molecule has 3 saturated carbocycles. The standard InChI is InChI=1S/C23H37NO2/c1-6-16-20(25)12-18-15-8-7-14-11-19(24(4)5)21(26)13-23(14,3)17(15)9-10-22(16,18)2/h6-7,15,17-21,25-26H,8-13H2,1-5H3/b16-6-/t15-,17+,18+,19-,20-,21-,22-,23+/m1/s1. The lowest BCUT2D eigenvalue weighted by atomic mass is 9.47. The Kier molecular flexibility index (Phi) is 4.45. The van der Waals surface area contributed by atoms with E-state index in [4.69, 9.17) is 0 Å². The summed E-state index contributed by atoms with van der Waals surface area (Å²) in [5.41, 5.74) is 3.20. The summed E-state index contributed by atoms with van der Waals surface area (Å²) in [6, 6.07) is 0.252. The molecule has 3 fully saturated rings. The van der Waals surface area contributed by atoms with Gasteiger partial charge in [0, 0.05) is 6.04 Å². The van der Waals surface area contributed by atoms with Gasteiger partial charge in [-0.05, 0) is 93.7 Å². The molecule has 0 amide bonds. The van der Waals surface area contributed by atoms with E-state index in [0.717, 1.165) is 25.7 Å². The predicted molar refractivity (Wildman–Crippen MR) is 106 cm³/mol. The van der Waals surface area contributed by atoms with Crippen LogP contribution >= 0.6 is 0 Å². The molecule has 0 aromatic carbocycles. The molecule has 26 heavy (non-hydrogen) atoms. The average molecular weight is 360 g/mol. The van der Waals surface area contributed by atoms with Crippen LogP contribution in [-0.4, -0.2) is 47.5 Å². The van der Waals surface area contributed by atoms with Crippen LogP contribution < -0.4 is 0 Å². The molecule has 0 heterocycles. The highest BCUT2D eigenvalue weighted by molar-refractivity contribution is 5.32. The molecule has 0 unspecified atom stereocenters. The van der Waals surface area contributed by atoms with Crippen molar-refractivity contribution in [2.24, 2.45) is 28.6 Å². The molecule has 4 aliphatic rings. The molecule has 3 nitrogen and oxygen atoms in total. The zero-order valence-corrected chi connectivity index (χ0v) is 17.2. The third-order valence-electron chi connectivity index (χ3n) is 8.99. The molecule has 0 aliphatic heterocycles. The van der Waals surface area contributed by atoms with Crippen molar-refractivity contribution in [1.29, 1.82) is 0 Å². The lowest BCUT2D eigenvalue weighted by Gasteiger charge is -2.58. The van der Waals surface area contributed by atoms with Gasteiger partial charge in [0.1, 0.15) is 0 Å². The Hall–Kier alpha value is -0.640. The Morgan fingerprint density at radius 1 is 1.15 bits per heavy atom. The van der Waals surface area contributed by atoms with Gasteiger partial charge in [-0.15, -0.1) is 0 Å². The van der Waals surface area contributed by atoms with Crippen molar-refractivity contribution in [3.63, 3.8) is 0 Å². The lowest BCUT2D eigenvalue weighted by Crippen LogP contribution is -2.54. The van der Waals surface area contributed by atoms with E-state index in [0.29, 0.717) is 17.8 Å². The van der Waals surface area contributed by atoms with Crippen LogP contribution in [0.25, 0.3) is 0 Å². The molecule has 8 atom stereocenters. The van der Waals surface area contributed by atoms with Crippen molar-refractivity contribution in [3.8, 4) is 0 Å². The minimum Gasteiger partial charge on any atom is -0.391 e. The summed E-state index contributed by atoms with van der Waals surface area (Å²) >= 11 is 0. The fourth-order valence-corrected chi connectivity index (χ4v) is 7.60. The zero-order valence-electron chi connectivity index (χ0n) is 17.2. The number of hydrogen-bond donors (Lipinski definition) is 2. The van der Waals surface area contributed by atoms with Gasteiger partial charge in [-0.3, -0.25) is 0 Å². The highest BCUT2D eigenvalue weighted by atomic mass is 16.3. The van der Waals surface area contributed by atoms with E-state index < -0.39 is 0 Å². The third-order valence-corrected chi connectivity index (χ3v) is 8.99. The SMILES string of the molecule is C/C=C1/[C@H](O)C[C@H]2[C@@H]3CC=C4C[C@@H](N(C)C)[C@H](O)C[C@]4(C)[C@H]3CC[C@]12C. The third kappa shape index (κ3) is 2.43. The number of likely N-dealkylation sites (N-methyl/N-ethyl adjacent to an activating group) is 1. The summed E-state index contributed by atoms with van der Waals surface area (Å²) in [5.74, 6) is 1.89. The summed E-state index contributed by atoms with van der Waals surface area (Å²) in [6.07, 6.45) is 10.6. The number of aliphatic hydroxyl groups excluding tert-OH is 2. The van der Waals surface area contributed by atoms with Gasteiger partial charge in [0.25, 0.3) is 0 Å². The molecule has 0 spiro atoms. The van der Waals surface area contributed by atoms with Crippen molar-refractivity contribution in [1.82, 2.24) is 4.90 Å². The van der Waals surface area contributed by atoms with E-state index in [1.165, 1.54) is 18.4 Å². The fraction of sp³-hybridized carbons (Fsp3) is 0.826. The van der Waals surface area contributed by atoms with E-state index in [-0.39, 0.29) is 29.1 Å². The van der Waals surface area contributed by atoms with Crippen LogP contribution in [0.1, 0.15) is 59.3 Å². The Morgan fingerprint density at radius 3 is 2.54 bits per heavy atom. The second-order valence-corrected chi connectivity index (χ2v) is 10.2. The maximum absolute atomic E-state index is 10.9. The number of rotatable bonds is 1. The molecule has 146 valence electrons. The Balaban J connectivity index is 1.67. The van der Waals surface area contributed by atoms with Gasteiger partial charge in [-0.1, -0.05) is 31.6 Å². The molecule has 0 aromatic heterocycles. The van der Waals surface area contributed by atoms with Crippen LogP contribution in [0, 0.1) is 28.6 Å². The van der Waals surface area contributed by atoms with Crippen LogP contribution in [0.3, 0.4) is 0 Å². The second kappa shape index (κ2) is 6.18. The normalized spacial score (nSPS) is 52.5. The van der Waals surface area contributed by atoms with Gasteiger partial charge >= 0.3 is 0 Å². The van der Waals surface area contributed by atoms with Gasteiger partial charge < -0.3 is 15.1 Å². The topological polar surface area (TPSA) is 43.7 Å². The van der Waals surface area contributed by atoms with Gasteiger partial charge in [-0.2, -0.15) is 0 Å². The highest BCUT2D eigenvalue weighted by Gasteiger charge is 2.59. The molecule has 2 N–H and O–H groups in total. The van der Waals surface area contributed by atoms with Crippen LogP contribution in [0.5, 0.6) is 0 Å². The van der Waals surface area contributed by atoms with Gasteiger partial charge in [0.2, 0.25) is 0 Å². The Morgan fingerprint density at radius 2 is 1.88 bits per heavy atom. The first-order valence-electron chi connectivity index (χ1n) is 10.6. The minimum atomic E-state index is -0.248. The first-order valence-corrected chi connectivity index (χ1v) is 10.6. The van der Waals surface area contributed by atoms with E-state index in [1.54, 1.807) is 5.57 Å². The minimum absolute atomic E-state index is 0.139. The summed E-state index contributed by atoms with van der Waals surface area (Å²) in [5, 5.41) is 21.6. The van der Waals surface area contributed by atoms with Crippen molar-refractivity contribution < 1.29 is 10.2 Å². The summed E-state index contributed by atoms with van der Waals surface area (Å²) in [6.45, 7) is 6.92. The molecule has 0 radical (unpaired) electrons. The largest absolute Gasteiger partial charge is 0.391 e. The van der Waals surface area contributed by atoms with Crippen molar-refractivity contribution in [3.05, 3.63) is 23.3 Å². The molecule has 0 bridgehead atoms. The van der Waals surface area contributed by atoms with E-state index in [2.05, 4.69) is 51.9 Å². The quantitative estimate of drug-likeness (QED) is 0.701. The van der Waals surface area contributed by atoms with Crippen LogP contribution in [0.2, 0.25) is 0 Å². The average Bonchev–Trinajstić information content (AvgIpc) is 2.83. The number of fused-ring (bicyclic) bond motifs is 5. The monoisotopic (exact) mass is 359 g/mol. The number of allylic oxidation sites excluding steroid dienone is 2. The van der Waals surface area contributed by atoms with Crippen LogP contribution in [0.15, 0.2) is 23.3 Å². The van der Waals surface area contributed by atoms with Gasteiger partial charge in [-0.25, -0.2) is 0 Å². The summed E-state index contributed by atoms with van der Waals surface area (Å²) in [7, 11) is 4.18. The van der Waals surface area contributed by atoms with E-state index >= 15 is 0 Å². The lowest BCUT2D eigenvalue weighted by molar-refractivity contribution is -0.0572. The van der Waals surface area contributed by atoms with E-state index in [1.807, 2.05) is 0 Å². The van der Waals surface area contributed by atoms with Crippen molar-refractivity contribution in [2.75, 3.05) is 14.1 Å². The highest BCUT2D eigenvalue weighted by Crippen LogP contribution is 2.66. The number of nitrogens with zero attached hydrogens (tertiary/aromatic N) is 1. The summed E-state index contributed by atoms with van der Waals surface area (Å²) < 4.78 is 0. The fourth-order valence-electron chi connectivity index (χ4n) is 7.60. The first kappa shape index (κ1) is 18.7. The molecule has 0 aromatic rings. The molecule has 4 rings (SSSR count). The molecule has 0 saturated heterocycles.